The first-order valence-electron chi connectivity index (χ1n) is 9.29. The normalized spacial score (nSPS) is 15.2. The summed E-state index contributed by atoms with van der Waals surface area (Å²) >= 11 is 0. The first-order valence-corrected chi connectivity index (χ1v) is 9.29. The van der Waals surface area contributed by atoms with E-state index in [1.807, 2.05) is 12.1 Å². The van der Waals surface area contributed by atoms with Crippen LogP contribution in [-0.4, -0.2) is 31.1 Å². The smallest absolute Gasteiger partial charge is 0.306 e. The molecule has 0 aromatic heterocycles. The maximum Gasteiger partial charge on any atom is 0.306 e. The van der Waals surface area contributed by atoms with Crippen molar-refractivity contribution in [2.75, 3.05) is 25.1 Å². The molecule has 0 unspecified atom stereocenters. The van der Waals surface area contributed by atoms with E-state index >= 15 is 0 Å². The number of carbonyl (C=O) groups is 1. The molecule has 1 fully saturated rings. The molecular weight excluding hydrogens is 332 g/mol. The van der Waals surface area contributed by atoms with Gasteiger partial charge in [0, 0.05) is 24.6 Å². The van der Waals surface area contributed by atoms with Crippen molar-refractivity contribution < 1.29 is 14.5 Å². The molecule has 0 saturated heterocycles. The van der Waals surface area contributed by atoms with Crippen LogP contribution >= 0.6 is 0 Å². The second-order valence-corrected chi connectivity index (χ2v) is 8.19. The van der Waals surface area contributed by atoms with Crippen LogP contribution in [0.4, 0.5) is 11.4 Å². The summed E-state index contributed by atoms with van der Waals surface area (Å²) in [6, 6.07) is 5.47. The Labute approximate surface area is 155 Å². The van der Waals surface area contributed by atoms with Crippen LogP contribution in [0.1, 0.15) is 52.5 Å². The van der Waals surface area contributed by atoms with Crippen LogP contribution in [0, 0.1) is 22.0 Å². The molecule has 0 atom stereocenters. The minimum absolute atomic E-state index is 0.125. The van der Waals surface area contributed by atoms with E-state index in [1.54, 1.807) is 6.07 Å². The molecular formula is C20H30N2O4. The summed E-state index contributed by atoms with van der Waals surface area (Å²) < 4.78 is 4.79. The van der Waals surface area contributed by atoms with E-state index in [1.165, 1.54) is 7.11 Å². The van der Waals surface area contributed by atoms with Gasteiger partial charge in [-0.15, -0.1) is 0 Å². The maximum absolute atomic E-state index is 11.8. The van der Waals surface area contributed by atoms with E-state index < -0.39 is 0 Å². The molecule has 144 valence electrons. The van der Waals surface area contributed by atoms with Gasteiger partial charge in [0.1, 0.15) is 5.69 Å². The second-order valence-electron chi connectivity index (χ2n) is 8.19. The van der Waals surface area contributed by atoms with Crippen LogP contribution in [0.3, 0.4) is 0 Å². The lowest BCUT2D eigenvalue weighted by molar-refractivity contribution is -0.384. The molecule has 0 radical (unpaired) electrons. The minimum atomic E-state index is -0.305. The molecule has 1 aliphatic carbocycles. The average molecular weight is 362 g/mol. The predicted molar refractivity (Wildman–Crippen MR) is 103 cm³/mol. The molecule has 0 heterocycles. The summed E-state index contributed by atoms with van der Waals surface area (Å²) in [7, 11) is 1.37. The zero-order chi connectivity index (χ0) is 19.5. The molecule has 0 bridgehead atoms. The van der Waals surface area contributed by atoms with E-state index in [2.05, 4.69) is 32.6 Å². The molecule has 0 N–H and O–H groups in total. The number of esters is 1. The van der Waals surface area contributed by atoms with Crippen LogP contribution in [0.2, 0.25) is 0 Å². The highest BCUT2D eigenvalue weighted by molar-refractivity contribution is 5.73. The zero-order valence-corrected chi connectivity index (χ0v) is 16.4. The number of anilines is 1. The summed E-state index contributed by atoms with van der Waals surface area (Å²) in [5.41, 5.74) is 1.36. The van der Waals surface area contributed by atoms with Crippen molar-refractivity contribution >= 4 is 17.3 Å². The fraction of sp³-hybridized carbons (Fsp3) is 0.650. The van der Waals surface area contributed by atoms with Gasteiger partial charge < -0.3 is 9.64 Å². The van der Waals surface area contributed by atoms with Crippen LogP contribution in [0.5, 0.6) is 0 Å². The van der Waals surface area contributed by atoms with E-state index in [0.717, 1.165) is 31.5 Å². The van der Waals surface area contributed by atoms with Gasteiger partial charge in [-0.2, -0.15) is 0 Å². The lowest BCUT2D eigenvalue weighted by Crippen LogP contribution is -2.32. The standard InChI is InChI=1S/C20H30N2O4/c1-14(2)12-21(13-15(3)4)17-7-6-16(10-18(17)22(24)25)20(8-9-20)11-19(23)26-5/h6-7,10,14-15H,8-9,11-13H2,1-5H3. The Kier molecular flexibility index (Phi) is 6.26. The van der Waals surface area contributed by atoms with E-state index in [0.29, 0.717) is 17.5 Å². The lowest BCUT2D eigenvalue weighted by atomic mass is 9.91. The molecule has 6 nitrogen and oxygen atoms in total. The third-order valence-corrected chi connectivity index (χ3v) is 4.86. The van der Waals surface area contributed by atoms with Gasteiger partial charge in [0.05, 0.1) is 18.5 Å². The van der Waals surface area contributed by atoms with Crippen molar-refractivity contribution in [1.29, 1.82) is 0 Å². The highest BCUT2D eigenvalue weighted by Gasteiger charge is 2.47. The Hall–Kier alpha value is -2.11. The first kappa shape index (κ1) is 20.2. The molecule has 0 aliphatic heterocycles. The SMILES string of the molecule is COC(=O)CC1(c2ccc(N(CC(C)C)CC(C)C)c([N+](=O)[O-])c2)CC1. The number of nitrogens with zero attached hydrogens (tertiary/aromatic N) is 2. The van der Waals surface area contributed by atoms with Crippen LogP contribution in [0.15, 0.2) is 18.2 Å². The maximum atomic E-state index is 11.8. The van der Waals surface area contributed by atoms with Crippen molar-refractivity contribution in [3.05, 3.63) is 33.9 Å². The number of carbonyl (C=O) groups excluding carboxylic acids is 1. The van der Waals surface area contributed by atoms with Gasteiger partial charge in [-0.3, -0.25) is 14.9 Å². The summed E-state index contributed by atoms with van der Waals surface area (Å²) in [4.78, 5) is 25.3. The largest absolute Gasteiger partial charge is 0.469 e. The molecule has 6 heteroatoms. The van der Waals surface area contributed by atoms with Crippen molar-refractivity contribution in [2.24, 2.45) is 11.8 Å². The van der Waals surface area contributed by atoms with Crippen molar-refractivity contribution in [2.45, 2.75) is 52.4 Å². The minimum Gasteiger partial charge on any atom is -0.469 e. The predicted octanol–water partition coefficient (Wildman–Crippen LogP) is 4.31. The van der Waals surface area contributed by atoms with Crippen molar-refractivity contribution in [3.63, 3.8) is 0 Å². The molecule has 1 aromatic rings. The molecule has 0 amide bonds. The van der Waals surface area contributed by atoms with Gasteiger partial charge >= 0.3 is 5.97 Å². The lowest BCUT2D eigenvalue weighted by Gasteiger charge is -2.28. The number of hydrogen-bond donors (Lipinski definition) is 0. The first-order chi connectivity index (χ1) is 12.2. The molecule has 1 aliphatic rings. The molecule has 26 heavy (non-hydrogen) atoms. The van der Waals surface area contributed by atoms with Gasteiger partial charge in [-0.25, -0.2) is 0 Å². The van der Waals surface area contributed by atoms with Gasteiger partial charge in [0.15, 0.2) is 0 Å². The number of nitro groups is 1. The van der Waals surface area contributed by atoms with E-state index in [4.69, 9.17) is 4.74 Å². The van der Waals surface area contributed by atoms with E-state index in [-0.39, 0.29) is 28.4 Å². The van der Waals surface area contributed by atoms with Crippen LogP contribution in [-0.2, 0) is 14.9 Å². The van der Waals surface area contributed by atoms with Gasteiger partial charge in [-0.1, -0.05) is 33.8 Å². The van der Waals surface area contributed by atoms with Gasteiger partial charge in [0.2, 0.25) is 0 Å². The number of benzene rings is 1. The Morgan fingerprint density at radius 1 is 1.23 bits per heavy atom. The number of methoxy groups -OCH3 is 1. The Bertz CT molecular complexity index is 656. The fourth-order valence-electron chi connectivity index (χ4n) is 3.49. The third kappa shape index (κ3) is 4.74. The fourth-order valence-corrected chi connectivity index (χ4v) is 3.49. The Morgan fingerprint density at radius 2 is 1.81 bits per heavy atom. The van der Waals surface area contributed by atoms with Crippen LogP contribution in [0.25, 0.3) is 0 Å². The topological polar surface area (TPSA) is 72.7 Å². The molecule has 0 spiro atoms. The van der Waals surface area contributed by atoms with Crippen molar-refractivity contribution in [1.82, 2.24) is 0 Å². The quantitative estimate of drug-likeness (QED) is 0.372. The Balaban J connectivity index is 2.39. The Morgan fingerprint density at radius 3 is 2.23 bits per heavy atom. The van der Waals surface area contributed by atoms with Gasteiger partial charge in [0.25, 0.3) is 5.69 Å². The zero-order valence-electron chi connectivity index (χ0n) is 16.4. The summed E-state index contributed by atoms with van der Waals surface area (Å²) in [5.74, 6) is 0.541. The number of ether oxygens (including phenoxy) is 1. The molecule has 2 rings (SSSR count). The second kappa shape index (κ2) is 8.06. The summed E-state index contributed by atoms with van der Waals surface area (Å²) in [6.45, 7) is 10.00. The molecule has 1 saturated carbocycles. The van der Waals surface area contributed by atoms with Crippen molar-refractivity contribution in [3.8, 4) is 0 Å². The number of nitro benzene ring substituents is 1. The number of hydrogen-bond acceptors (Lipinski definition) is 5. The summed E-state index contributed by atoms with van der Waals surface area (Å²) in [5, 5.41) is 11.8. The molecule has 1 aromatic carbocycles. The highest BCUT2D eigenvalue weighted by Crippen LogP contribution is 2.52. The van der Waals surface area contributed by atoms with E-state index in [9.17, 15) is 14.9 Å². The van der Waals surface area contributed by atoms with Gasteiger partial charge in [-0.05, 0) is 36.3 Å². The monoisotopic (exact) mass is 362 g/mol. The van der Waals surface area contributed by atoms with Crippen LogP contribution < -0.4 is 4.90 Å². The third-order valence-electron chi connectivity index (χ3n) is 4.86. The number of rotatable bonds is 9. The summed E-state index contributed by atoms with van der Waals surface area (Å²) in [6.07, 6.45) is 2.00. The highest BCUT2D eigenvalue weighted by atomic mass is 16.6. The average Bonchev–Trinajstić information content (AvgIpc) is 3.33.